The molecule has 0 atom stereocenters. The van der Waals surface area contributed by atoms with Crippen molar-refractivity contribution in [2.24, 2.45) is 0 Å². The van der Waals surface area contributed by atoms with Crippen LogP contribution in [-0.2, 0) is 0 Å². The van der Waals surface area contributed by atoms with Crippen LogP contribution in [0.5, 0.6) is 11.5 Å². The number of nitrogens with zero attached hydrogens (tertiary/aromatic N) is 5. The fourth-order valence-corrected chi connectivity index (χ4v) is 5.20. The summed E-state index contributed by atoms with van der Waals surface area (Å²) in [6.45, 7) is 0. The maximum Gasteiger partial charge on any atom is 0.573 e. The fourth-order valence-electron chi connectivity index (χ4n) is 5.20. The van der Waals surface area contributed by atoms with Crippen LogP contribution in [0.4, 0.5) is 26.3 Å². The lowest BCUT2D eigenvalue weighted by molar-refractivity contribution is -0.275. The van der Waals surface area contributed by atoms with Gasteiger partial charge in [-0.2, -0.15) is 26.3 Å². The van der Waals surface area contributed by atoms with E-state index in [0.717, 1.165) is 24.3 Å². The third-order valence-electron chi connectivity index (χ3n) is 6.68. The van der Waals surface area contributed by atoms with Crippen molar-refractivity contribution in [1.82, 2.24) is 0 Å². The summed E-state index contributed by atoms with van der Waals surface area (Å²) in [6, 6.07) is 19.7. The summed E-state index contributed by atoms with van der Waals surface area (Å²) >= 11 is 0. The predicted molar refractivity (Wildman–Crippen MR) is 140 cm³/mol. The second-order valence-electron chi connectivity index (χ2n) is 9.08. The quantitative estimate of drug-likeness (QED) is 0.175. The molecule has 7 nitrogen and oxygen atoms in total. The topological polar surface area (TPSA) is 137 Å². The Morgan fingerprint density at radius 1 is 0.523 bits per heavy atom. The van der Waals surface area contributed by atoms with Gasteiger partial charge in [0.2, 0.25) is 0 Å². The van der Waals surface area contributed by atoms with Gasteiger partial charge in [-0.25, -0.2) is 0 Å². The summed E-state index contributed by atoms with van der Waals surface area (Å²) < 4.78 is 85.7. The van der Waals surface area contributed by atoms with Gasteiger partial charge >= 0.3 is 12.7 Å². The molecule has 0 radical (unpaired) electrons. The predicted octanol–water partition coefficient (Wildman–Crippen LogP) is 7.56. The highest BCUT2D eigenvalue weighted by Crippen LogP contribution is 2.52. The maximum atomic E-state index is 13.0. The van der Waals surface area contributed by atoms with Crippen molar-refractivity contribution in [3.05, 3.63) is 93.6 Å². The summed E-state index contributed by atoms with van der Waals surface area (Å²) in [5.74, 6) is -1.27. The SMILES string of the molecule is N#CC(C#N)=C1C(c2ccc3c(c2)C(=C(C#N)C#N)c2cc(OC(F)(F)F)ccc2-3)=C(C#N)c2ccc(OC(F)(F)F)cc21. The molecule has 0 saturated heterocycles. The number of allylic oxidation sites excluding steroid dienone is 5. The molecule has 13 heteroatoms. The lowest BCUT2D eigenvalue weighted by atomic mass is 9.90. The minimum Gasteiger partial charge on any atom is -0.406 e. The molecule has 0 saturated carbocycles. The van der Waals surface area contributed by atoms with Crippen LogP contribution >= 0.6 is 0 Å². The average Bonchev–Trinajstić information content (AvgIpc) is 3.44. The minimum atomic E-state index is -5.06. The van der Waals surface area contributed by atoms with E-state index in [1.165, 1.54) is 30.3 Å². The van der Waals surface area contributed by atoms with Crippen LogP contribution in [0.3, 0.4) is 0 Å². The second-order valence-corrected chi connectivity index (χ2v) is 9.08. The Bertz CT molecular complexity index is 2070. The number of ether oxygens (including phenoxy) is 2. The van der Waals surface area contributed by atoms with E-state index in [0.29, 0.717) is 11.1 Å². The van der Waals surface area contributed by atoms with Crippen molar-refractivity contribution in [3.63, 3.8) is 0 Å². The highest BCUT2D eigenvalue weighted by atomic mass is 19.4. The van der Waals surface area contributed by atoms with Crippen LogP contribution in [0.15, 0.2) is 65.7 Å². The number of rotatable bonds is 3. The summed E-state index contributed by atoms with van der Waals surface area (Å²) in [6.07, 6.45) is -10.1. The van der Waals surface area contributed by atoms with Crippen LogP contribution in [0.25, 0.3) is 33.4 Å². The van der Waals surface area contributed by atoms with Crippen LogP contribution in [0.2, 0.25) is 0 Å². The standard InChI is InChI=1S/C31H9F6N5O2/c32-30(33,34)43-18-2-5-21-20-4-1-15(7-23(20)27(24(21)8-18)16(10-38)11-39)28-26(14-42)22-6-3-19(44-31(35,36)37)9-25(22)29(28)17(12-40)13-41/h1-9H. The molecular formula is C31H9F6N5O2. The molecule has 5 rings (SSSR count). The Hall–Kier alpha value is -6.49. The van der Waals surface area contributed by atoms with Gasteiger partial charge in [-0.3, -0.25) is 0 Å². The number of benzene rings is 3. The number of nitriles is 5. The minimum absolute atomic E-state index is 0.000533. The maximum absolute atomic E-state index is 13.0. The first-order valence-corrected chi connectivity index (χ1v) is 12.0. The molecule has 0 N–H and O–H groups in total. The zero-order valence-corrected chi connectivity index (χ0v) is 21.5. The lowest BCUT2D eigenvalue weighted by Crippen LogP contribution is -2.17. The van der Waals surface area contributed by atoms with Gasteiger partial charge in [0, 0.05) is 22.3 Å². The lowest BCUT2D eigenvalue weighted by Gasteiger charge is -2.12. The Morgan fingerprint density at radius 3 is 1.43 bits per heavy atom. The van der Waals surface area contributed by atoms with Gasteiger partial charge in [0.1, 0.15) is 53.0 Å². The van der Waals surface area contributed by atoms with Crippen LogP contribution < -0.4 is 9.47 Å². The molecule has 2 aliphatic rings. The van der Waals surface area contributed by atoms with Crippen molar-refractivity contribution in [2.45, 2.75) is 12.7 Å². The van der Waals surface area contributed by atoms with E-state index in [1.54, 1.807) is 24.3 Å². The zero-order valence-electron chi connectivity index (χ0n) is 21.5. The summed E-state index contributed by atoms with van der Waals surface area (Å²) in [5, 5.41) is 49.0. The van der Waals surface area contributed by atoms with Gasteiger partial charge in [0.05, 0.1) is 5.57 Å². The molecule has 2 aliphatic carbocycles. The van der Waals surface area contributed by atoms with Crippen molar-refractivity contribution >= 4 is 22.3 Å². The Labute approximate surface area is 243 Å². The molecule has 0 aromatic heterocycles. The molecule has 0 amide bonds. The van der Waals surface area contributed by atoms with E-state index in [1.807, 2.05) is 6.07 Å². The normalized spacial score (nSPS) is 12.9. The Kier molecular flexibility index (Phi) is 6.86. The number of halogens is 6. The number of alkyl halides is 6. The third-order valence-corrected chi connectivity index (χ3v) is 6.68. The smallest absolute Gasteiger partial charge is 0.406 e. The van der Waals surface area contributed by atoms with E-state index < -0.39 is 35.4 Å². The first kappa shape index (κ1) is 29.0. The first-order valence-electron chi connectivity index (χ1n) is 12.0. The van der Waals surface area contributed by atoms with Crippen molar-refractivity contribution < 1.29 is 35.8 Å². The Balaban J connectivity index is 1.76. The molecule has 0 fully saturated rings. The summed E-state index contributed by atoms with van der Waals surface area (Å²) in [4.78, 5) is 0. The van der Waals surface area contributed by atoms with Gasteiger partial charge in [-0.15, -0.1) is 26.3 Å². The number of hydrogen-bond acceptors (Lipinski definition) is 7. The van der Waals surface area contributed by atoms with Crippen LogP contribution in [-0.4, -0.2) is 12.7 Å². The zero-order chi connectivity index (χ0) is 32.0. The van der Waals surface area contributed by atoms with Gasteiger partial charge < -0.3 is 9.47 Å². The van der Waals surface area contributed by atoms with E-state index in [9.17, 15) is 52.7 Å². The van der Waals surface area contributed by atoms with E-state index in [4.69, 9.17) is 0 Å². The largest absolute Gasteiger partial charge is 0.573 e. The van der Waals surface area contributed by atoms with Crippen molar-refractivity contribution in [3.8, 4) is 53.0 Å². The highest BCUT2D eigenvalue weighted by Gasteiger charge is 2.36. The molecule has 3 aromatic carbocycles. The van der Waals surface area contributed by atoms with Gasteiger partial charge in [-0.05, 0) is 69.8 Å². The molecule has 44 heavy (non-hydrogen) atoms. The van der Waals surface area contributed by atoms with Crippen molar-refractivity contribution in [2.75, 3.05) is 0 Å². The van der Waals surface area contributed by atoms with Crippen LogP contribution in [0, 0.1) is 56.7 Å². The van der Waals surface area contributed by atoms with Gasteiger partial charge in [0.15, 0.2) is 0 Å². The molecule has 0 spiro atoms. The van der Waals surface area contributed by atoms with Crippen LogP contribution in [0.1, 0.15) is 27.8 Å². The average molecular weight is 597 g/mol. The summed E-state index contributed by atoms with van der Waals surface area (Å²) in [7, 11) is 0. The van der Waals surface area contributed by atoms with E-state index in [-0.39, 0.29) is 50.1 Å². The van der Waals surface area contributed by atoms with E-state index >= 15 is 0 Å². The van der Waals surface area contributed by atoms with Gasteiger partial charge in [0.25, 0.3) is 0 Å². The summed E-state index contributed by atoms with van der Waals surface area (Å²) in [5.41, 5.74) is 0.0143. The first-order chi connectivity index (χ1) is 20.8. The molecule has 212 valence electrons. The molecule has 3 aromatic rings. The number of fused-ring (bicyclic) bond motifs is 4. The second kappa shape index (κ2) is 10.4. The molecular weight excluding hydrogens is 588 g/mol. The molecule has 0 bridgehead atoms. The highest BCUT2D eigenvalue weighted by molar-refractivity contribution is 6.26. The molecule has 0 unspecified atom stereocenters. The number of hydrogen-bond donors (Lipinski definition) is 0. The van der Waals surface area contributed by atoms with Gasteiger partial charge in [-0.1, -0.05) is 18.2 Å². The molecule has 0 aliphatic heterocycles. The molecule has 0 heterocycles. The van der Waals surface area contributed by atoms with E-state index in [2.05, 4.69) is 9.47 Å². The Morgan fingerprint density at radius 2 is 0.955 bits per heavy atom. The third kappa shape index (κ3) is 4.94. The monoisotopic (exact) mass is 597 g/mol. The van der Waals surface area contributed by atoms with Crippen molar-refractivity contribution in [1.29, 1.82) is 26.3 Å². The fraction of sp³-hybridized carbons (Fsp3) is 0.0645.